The van der Waals surface area contributed by atoms with E-state index in [0.29, 0.717) is 17.9 Å². The zero-order valence-corrected chi connectivity index (χ0v) is 13.5. The van der Waals surface area contributed by atoms with Gasteiger partial charge in [-0.25, -0.2) is 4.98 Å². The average molecular weight is 321 g/mol. The second kappa shape index (κ2) is 7.16. The predicted octanol–water partition coefficient (Wildman–Crippen LogP) is 2.91. The van der Waals surface area contributed by atoms with Crippen LogP contribution in [0.15, 0.2) is 48.5 Å². The molecule has 1 aromatic heterocycles. The van der Waals surface area contributed by atoms with Crippen molar-refractivity contribution in [3.8, 4) is 11.8 Å². The fraction of sp³-hybridized carbons (Fsp3) is 0.263. The van der Waals surface area contributed by atoms with Gasteiger partial charge in [-0.05, 0) is 36.4 Å². The number of aryl methyl sites for hydroxylation is 1. The highest BCUT2D eigenvalue weighted by Gasteiger charge is 2.13. The topological polar surface area (TPSA) is 71.1 Å². The van der Waals surface area contributed by atoms with E-state index in [0.717, 1.165) is 23.3 Å². The van der Waals surface area contributed by atoms with Gasteiger partial charge in [0.15, 0.2) is 0 Å². The lowest BCUT2D eigenvalue weighted by molar-refractivity contribution is 0.0927. The molecule has 0 saturated heterocycles. The van der Waals surface area contributed by atoms with Crippen molar-refractivity contribution in [3.05, 3.63) is 59.9 Å². The van der Waals surface area contributed by atoms with Gasteiger partial charge in [0, 0.05) is 6.42 Å². The van der Waals surface area contributed by atoms with Gasteiger partial charge in [-0.15, -0.1) is 0 Å². The van der Waals surface area contributed by atoms with Gasteiger partial charge in [0.1, 0.15) is 24.3 Å². The van der Waals surface area contributed by atoms with Gasteiger partial charge >= 0.3 is 0 Å². The van der Waals surface area contributed by atoms with Crippen LogP contribution in [0, 0.1) is 11.3 Å². The summed E-state index contributed by atoms with van der Waals surface area (Å²) < 4.78 is 7.65. The number of imidazole rings is 1. The Kier molecular flexibility index (Phi) is 4.78. The molecule has 1 heterocycles. The van der Waals surface area contributed by atoms with Crippen LogP contribution in [0.1, 0.15) is 18.3 Å². The lowest BCUT2D eigenvalue weighted by Crippen LogP contribution is -2.24. The zero-order chi connectivity index (χ0) is 16.9. The molecule has 2 aromatic carbocycles. The first-order chi connectivity index (χ1) is 11.7. The third-order valence-corrected chi connectivity index (χ3v) is 3.87. The van der Waals surface area contributed by atoms with E-state index in [9.17, 15) is 5.11 Å². The Bertz CT molecular complexity index is 862. The van der Waals surface area contributed by atoms with Crippen LogP contribution < -0.4 is 4.74 Å². The van der Waals surface area contributed by atoms with Gasteiger partial charge < -0.3 is 14.4 Å². The minimum absolute atomic E-state index is 0.182. The first-order valence-corrected chi connectivity index (χ1v) is 7.96. The van der Waals surface area contributed by atoms with E-state index < -0.39 is 6.10 Å². The third kappa shape index (κ3) is 3.39. The molecule has 24 heavy (non-hydrogen) atoms. The fourth-order valence-corrected chi connectivity index (χ4v) is 2.68. The molecule has 1 N–H and O–H groups in total. The number of nitrogens with zero attached hydrogens (tertiary/aromatic N) is 3. The Labute approximate surface area is 140 Å². The number of nitriles is 1. The first-order valence-electron chi connectivity index (χ1n) is 7.96. The summed E-state index contributed by atoms with van der Waals surface area (Å²) in [7, 11) is 0. The molecule has 5 heteroatoms. The first kappa shape index (κ1) is 16.0. The Hall–Kier alpha value is -2.84. The van der Waals surface area contributed by atoms with E-state index in [1.54, 1.807) is 24.3 Å². The SMILES string of the molecule is CCc1nc2ccccc2n1CC(O)COc1ccc(C#N)cc1. The number of hydrogen-bond acceptors (Lipinski definition) is 4. The van der Waals surface area contributed by atoms with Crippen LogP contribution in [-0.4, -0.2) is 27.4 Å². The lowest BCUT2D eigenvalue weighted by Gasteiger charge is -2.15. The number of aromatic nitrogens is 2. The van der Waals surface area contributed by atoms with E-state index in [-0.39, 0.29) is 6.61 Å². The molecule has 0 spiro atoms. The number of hydrogen-bond donors (Lipinski definition) is 1. The van der Waals surface area contributed by atoms with Crippen molar-refractivity contribution in [2.24, 2.45) is 0 Å². The van der Waals surface area contributed by atoms with Crippen molar-refractivity contribution in [2.75, 3.05) is 6.61 Å². The van der Waals surface area contributed by atoms with E-state index >= 15 is 0 Å². The van der Waals surface area contributed by atoms with E-state index in [4.69, 9.17) is 10.00 Å². The van der Waals surface area contributed by atoms with Gasteiger partial charge in [-0.3, -0.25) is 0 Å². The van der Waals surface area contributed by atoms with Crippen molar-refractivity contribution in [3.63, 3.8) is 0 Å². The summed E-state index contributed by atoms with van der Waals surface area (Å²) in [4.78, 5) is 4.60. The third-order valence-electron chi connectivity index (χ3n) is 3.87. The molecular weight excluding hydrogens is 302 g/mol. The highest BCUT2D eigenvalue weighted by atomic mass is 16.5. The van der Waals surface area contributed by atoms with Crippen LogP contribution in [0.25, 0.3) is 11.0 Å². The predicted molar refractivity (Wildman–Crippen MR) is 91.8 cm³/mol. The number of aliphatic hydroxyl groups excluding tert-OH is 1. The number of ether oxygens (including phenoxy) is 1. The van der Waals surface area contributed by atoms with Crippen LogP contribution in [0.5, 0.6) is 5.75 Å². The summed E-state index contributed by atoms with van der Waals surface area (Å²) in [6.45, 7) is 2.67. The Morgan fingerprint density at radius 3 is 2.67 bits per heavy atom. The molecule has 3 rings (SSSR count). The lowest BCUT2D eigenvalue weighted by atomic mass is 10.2. The van der Waals surface area contributed by atoms with Gasteiger partial charge in [0.25, 0.3) is 0 Å². The zero-order valence-electron chi connectivity index (χ0n) is 13.5. The summed E-state index contributed by atoms with van der Waals surface area (Å²) in [5.41, 5.74) is 2.54. The molecule has 0 aliphatic rings. The average Bonchev–Trinajstić information content (AvgIpc) is 2.98. The van der Waals surface area contributed by atoms with E-state index in [1.807, 2.05) is 28.8 Å². The Balaban J connectivity index is 1.68. The second-order valence-corrected chi connectivity index (χ2v) is 5.58. The molecule has 122 valence electrons. The van der Waals surface area contributed by atoms with E-state index in [2.05, 4.69) is 18.0 Å². The maximum atomic E-state index is 10.3. The normalized spacial score (nSPS) is 12.0. The summed E-state index contributed by atoms with van der Waals surface area (Å²) in [5.74, 6) is 1.59. The van der Waals surface area contributed by atoms with Crippen LogP contribution in [0.4, 0.5) is 0 Å². The molecule has 0 bridgehead atoms. The number of benzene rings is 2. The smallest absolute Gasteiger partial charge is 0.119 e. The van der Waals surface area contributed by atoms with Gasteiger partial charge in [-0.1, -0.05) is 19.1 Å². The van der Waals surface area contributed by atoms with E-state index in [1.165, 1.54) is 0 Å². The largest absolute Gasteiger partial charge is 0.491 e. The van der Waals surface area contributed by atoms with Crippen molar-refractivity contribution in [1.82, 2.24) is 9.55 Å². The number of rotatable bonds is 6. The number of fused-ring (bicyclic) bond motifs is 1. The Morgan fingerprint density at radius 1 is 1.21 bits per heavy atom. The molecule has 0 fully saturated rings. The number of aliphatic hydroxyl groups is 1. The minimum Gasteiger partial charge on any atom is -0.491 e. The molecular formula is C19H19N3O2. The van der Waals surface area contributed by atoms with Crippen molar-refractivity contribution >= 4 is 11.0 Å². The van der Waals surface area contributed by atoms with Gasteiger partial charge in [0.05, 0.1) is 29.2 Å². The number of para-hydroxylation sites is 2. The van der Waals surface area contributed by atoms with Crippen molar-refractivity contribution in [1.29, 1.82) is 5.26 Å². The van der Waals surface area contributed by atoms with Crippen LogP contribution in [0.2, 0.25) is 0 Å². The summed E-state index contributed by atoms with van der Waals surface area (Å²) in [6.07, 6.45) is 0.154. The molecule has 3 aromatic rings. The quantitative estimate of drug-likeness (QED) is 0.758. The Morgan fingerprint density at radius 2 is 1.96 bits per heavy atom. The molecule has 1 atom stereocenters. The fourth-order valence-electron chi connectivity index (χ4n) is 2.68. The monoisotopic (exact) mass is 321 g/mol. The minimum atomic E-state index is -0.649. The van der Waals surface area contributed by atoms with Gasteiger partial charge in [-0.2, -0.15) is 5.26 Å². The highest BCUT2D eigenvalue weighted by Crippen LogP contribution is 2.17. The molecule has 0 saturated carbocycles. The second-order valence-electron chi connectivity index (χ2n) is 5.58. The molecule has 0 radical (unpaired) electrons. The maximum Gasteiger partial charge on any atom is 0.119 e. The summed E-state index contributed by atoms with van der Waals surface area (Å²) in [5, 5.41) is 19.1. The van der Waals surface area contributed by atoms with Crippen molar-refractivity contribution < 1.29 is 9.84 Å². The highest BCUT2D eigenvalue weighted by molar-refractivity contribution is 5.75. The molecule has 0 aliphatic carbocycles. The molecule has 0 aliphatic heterocycles. The van der Waals surface area contributed by atoms with Crippen LogP contribution in [-0.2, 0) is 13.0 Å². The standard InChI is InChI=1S/C19H19N3O2/c1-2-19-21-17-5-3-4-6-18(17)22(19)12-15(23)13-24-16-9-7-14(11-20)8-10-16/h3-10,15,23H,2,12-13H2,1H3. The maximum absolute atomic E-state index is 10.3. The molecule has 0 amide bonds. The summed E-state index contributed by atoms with van der Waals surface area (Å²) >= 11 is 0. The molecule has 5 nitrogen and oxygen atoms in total. The summed E-state index contributed by atoms with van der Waals surface area (Å²) in [6, 6.07) is 16.8. The van der Waals surface area contributed by atoms with Crippen molar-refractivity contribution in [2.45, 2.75) is 26.0 Å². The molecule has 1 unspecified atom stereocenters. The van der Waals surface area contributed by atoms with Crippen LogP contribution in [0.3, 0.4) is 0 Å². The van der Waals surface area contributed by atoms with Crippen LogP contribution >= 0.6 is 0 Å². The van der Waals surface area contributed by atoms with Gasteiger partial charge in [0.2, 0.25) is 0 Å².